The zero-order valence-electron chi connectivity index (χ0n) is 14.9. The number of hydrogen-bond acceptors (Lipinski definition) is 2. The minimum absolute atomic E-state index is 0.0504. The van der Waals surface area contributed by atoms with E-state index in [9.17, 15) is 65.9 Å². The Bertz CT molecular complexity index is 597. The highest BCUT2D eigenvalue weighted by atomic mass is 28.4. The zero-order chi connectivity index (χ0) is 24.8. The van der Waals surface area contributed by atoms with Crippen molar-refractivity contribution in [2.75, 3.05) is 14.2 Å². The third-order valence-corrected chi connectivity index (χ3v) is 7.12. The van der Waals surface area contributed by atoms with Crippen molar-refractivity contribution in [3.05, 3.63) is 0 Å². The molecular formula is C12H13F15O2Si. The lowest BCUT2D eigenvalue weighted by atomic mass is 9.92. The van der Waals surface area contributed by atoms with Gasteiger partial charge in [-0.05, 0) is 6.55 Å². The van der Waals surface area contributed by atoms with Crippen molar-refractivity contribution in [3.63, 3.8) is 0 Å². The van der Waals surface area contributed by atoms with Crippen LogP contribution in [0.15, 0.2) is 0 Å². The van der Waals surface area contributed by atoms with Crippen LogP contribution >= 0.6 is 0 Å². The van der Waals surface area contributed by atoms with Crippen molar-refractivity contribution in [2.45, 2.75) is 60.7 Å². The van der Waals surface area contributed by atoms with Gasteiger partial charge in [0.2, 0.25) is 0 Å². The number of alkyl halides is 15. The zero-order valence-corrected chi connectivity index (χ0v) is 15.9. The molecule has 0 N–H and O–H groups in total. The molecule has 0 aromatic heterocycles. The van der Waals surface area contributed by atoms with Crippen LogP contribution in [0.1, 0.15) is 12.8 Å². The van der Waals surface area contributed by atoms with Gasteiger partial charge in [0.05, 0.1) is 0 Å². The van der Waals surface area contributed by atoms with Crippen LogP contribution in [0.4, 0.5) is 65.9 Å². The van der Waals surface area contributed by atoms with E-state index in [1.54, 1.807) is 0 Å². The molecule has 30 heavy (non-hydrogen) atoms. The molecule has 0 atom stereocenters. The van der Waals surface area contributed by atoms with Crippen molar-refractivity contribution in [3.8, 4) is 0 Å². The summed E-state index contributed by atoms with van der Waals surface area (Å²) in [6, 6.07) is 0. The summed E-state index contributed by atoms with van der Waals surface area (Å²) in [6.45, 7) is -0.0504. The van der Waals surface area contributed by atoms with E-state index in [0.717, 1.165) is 0 Å². The first kappa shape index (κ1) is 29.1. The predicted molar refractivity (Wildman–Crippen MR) is 70.6 cm³/mol. The average molecular weight is 502 g/mol. The van der Waals surface area contributed by atoms with E-state index in [4.69, 9.17) is 0 Å². The highest BCUT2D eigenvalue weighted by Crippen LogP contribution is 2.62. The van der Waals surface area contributed by atoms with Crippen LogP contribution in [0.5, 0.6) is 0 Å². The Hall–Kier alpha value is -0.913. The summed E-state index contributed by atoms with van der Waals surface area (Å²) in [5.74, 6) is -37.6. The van der Waals surface area contributed by atoms with Crippen molar-refractivity contribution in [1.82, 2.24) is 0 Å². The van der Waals surface area contributed by atoms with E-state index in [0.29, 0.717) is 0 Å². The quantitative estimate of drug-likeness (QED) is 0.268. The van der Waals surface area contributed by atoms with Crippen LogP contribution in [0.2, 0.25) is 6.55 Å². The molecule has 0 unspecified atom stereocenters. The van der Waals surface area contributed by atoms with Crippen LogP contribution in [-0.4, -0.2) is 64.1 Å². The summed E-state index contributed by atoms with van der Waals surface area (Å²) in [6.07, 6.45) is -11.8. The second-order valence-electron chi connectivity index (χ2n) is 6.05. The molecule has 0 bridgehead atoms. The van der Waals surface area contributed by atoms with Gasteiger partial charge >= 0.3 is 49.9 Å². The van der Waals surface area contributed by atoms with Gasteiger partial charge in [-0.3, -0.25) is 0 Å². The summed E-state index contributed by atoms with van der Waals surface area (Å²) in [5.41, 5.74) is -6.41. The van der Waals surface area contributed by atoms with Gasteiger partial charge in [0.25, 0.3) is 0 Å². The summed E-state index contributed by atoms with van der Waals surface area (Å²) < 4.78 is 207. The maximum absolute atomic E-state index is 13.9. The van der Waals surface area contributed by atoms with E-state index in [-0.39, 0.29) is 20.8 Å². The second kappa shape index (κ2) is 7.90. The molecule has 0 spiro atoms. The summed E-state index contributed by atoms with van der Waals surface area (Å²) in [5, 5.41) is 0. The van der Waals surface area contributed by atoms with Crippen LogP contribution in [-0.2, 0) is 8.85 Å². The van der Waals surface area contributed by atoms with Gasteiger partial charge < -0.3 is 8.85 Å². The first-order valence-corrected chi connectivity index (χ1v) is 9.58. The molecule has 0 saturated carbocycles. The minimum atomic E-state index is -7.95. The van der Waals surface area contributed by atoms with E-state index in [1.807, 2.05) is 0 Å². The maximum atomic E-state index is 13.9. The van der Waals surface area contributed by atoms with Crippen molar-refractivity contribution >= 4 is 8.56 Å². The first-order chi connectivity index (χ1) is 12.8. The average Bonchev–Trinajstić information content (AvgIpc) is 2.57. The standard InChI is InChI=1S/C12H13F15O2Si/c1-28-30(3,29-2)12(26,27)11(24,25)10(22,23)9(20,21)8(18,19)6(13,14)4-5-7(15,16)17/h4-5H2,1-3H3. The maximum Gasteiger partial charge on any atom is 0.418 e. The van der Waals surface area contributed by atoms with Crippen LogP contribution in [0.3, 0.4) is 0 Å². The minimum Gasteiger partial charge on any atom is -0.394 e. The Kier molecular flexibility index (Phi) is 7.66. The molecule has 0 saturated heterocycles. The van der Waals surface area contributed by atoms with Crippen LogP contribution < -0.4 is 0 Å². The SMILES string of the molecule is CO[Si](C)(OC)C(F)(F)C(F)(F)C(F)(F)C(F)(F)C(F)(F)C(F)(F)CCC(F)(F)F. The largest absolute Gasteiger partial charge is 0.418 e. The van der Waals surface area contributed by atoms with E-state index >= 15 is 0 Å². The Labute approximate surface area is 159 Å². The lowest BCUT2D eigenvalue weighted by molar-refractivity contribution is -0.420. The number of halogens is 15. The summed E-state index contributed by atoms with van der Waals surface area (Å²) in [7, 11) is -5.46. The summed E-state index contributed by atoms with van der Waals surface area (Å²) in [4.78, 5) is 0. The highest BCUT2D eigenvalue weighted by Gasteiger charge is 2.92. The van der Waals surface area contributed by atoms with Gasteiger partial charge in [0.1, 0.15) is 0 Å². The Balaban J connectivity index is 6.46. The van der Waals surface area contributed by atoms with E-state index < -0.39 is 62.7 Å². The molecule has 0 fully saturated rings. The van der Waals surface area contributed by atoms with Crippen molar-refractivity contribution < 1.29 is 74.7 Å². The number of hydrogen-bond donors (Lipinski definition) is 0. The van der Waals surface area contributed by atoms with Crippen LogP contribution in [0.25, 0.3) is 0 Å². The summed E-state index contributed by atoms with van der Waals surface area (Å²) >= 11 is 0. The van der Waals surface area contributed by atoms with Gasteiger partial charge in [0.15, 0.2) is 0 Å². The van der Waals surface area contributed by atoms with Gasteiger partial charge in [-0.15, -0.1) is 0 Å². The molecule has 0 radical (unpaired) electrons. The Morgan fingerprint density at radius 3 is 1.17 bits per heavy atom. The molecule has 0 aliphatic carbocycles. The lowest BCUT2D eigenvalue weighted by Gasteiger charge is -2.44. The van der Waals surface area contributed by atoms with Gasteiger partial charge in [-0.2, -0.15) is 65.9 Å². The van der Waals surface area contributed by atoms with Crippen LogP contribution in [0, 0.1) is 0 Å². The Morgan fingerprint density at radius 2 is 0.867 bits per heavy atom. The smallest absolute Gasteiger partial charge is 0.394 e. The number of rotatable bonds is 10. The fourth-order valence-corrected chi connectivity index (χ4v) is 3.31. The van der Waals surface area contributed by atoms with Gasteiger partial charge in [0, 0.05) is 27.1 Å². The predicted octanol–water partition coefficient (Wildman–Crippen LogP) is 6.04. The third kappa shape index (κ3) is 4.22. The fraction of sp³-hybridized carbons (Fsp3) is 1.00. The molecule has 0 aromatic rings. The second-order valence-corrected chi connectivity index (χ2v) is 9.38. The van der Waals surface area contributed by atoms with Gasteiger partial charge in [-0.25, -0.2) is 0 Å². The topological polar surface area (TPSA) is 18.5 Å². The molecule has 0 rings (SSSR count). The molecule has 18 heteroatoms. The molecule has 0 heterocycles. The van der Waals surface area contributed by atoms with Gasteiger partial charge in [-0.1, -0.05) is 0 Å². The molecule has 0 aromatic carbocycles. The van der Waals surface area contributed by atoms with Crippen molar-refractivity contribution in [2.24, 2.45) is 0 Å². The fourth-order valence-electron chi connectivity index (χ4n) is 1.90. The first-order valence-electron chi connectivity index (χ1n) is 7.27. The highest BCUT2D eigenvalue weighted by molar-refractivity contribution is 6.68. The lowest BCUT2D eigenvalue weighted by Crippen LogP contribution is -2.75. The Morgan fingerprint density at radius 1 is 0.533 bits per heavy atom. The monoisotopic (exact) mass is 502 g/mol. The molecule has 182 valence electrons. The molecular weight excluding hydrogens is 489 g/mol. The van der Waals surface area contributed by atoms with Crippen molar-refractivity contribution in [1.29, 1.82) is 0 Å². The molecule has 0 aliphatic rings. The van der Waals surface area contributed by atoms with E-state index in [1.165, 1.54) is 0 Å². The normalized spacial score (nSPS) is 16.2. The third-order valence-electron chi connectivity index (χ3n) is 4.11. The van der Waals surface area contributed by atoms with E-state index in [2.05, 4.69) is 8.85 Å². The molecule has 0 aliphatic heterocycles. The molecule has 2 nitrogen and oxygen atoms in total. The molecule has 0 amide bonds.